The van der Waals surface area contributed by atoms with Crippen LogP contribution in [0.2, 0.25) is 5.02 Å². The van der Waals surface area contributed by atoms with Gasteiger partial charge in [0.1, 0.15) is 11.5 Å². The van der Waals surface area contributed by atoms with Gasteiger partial charge in [0.25, 0.3) is 0 Å². The molecule has 3 aromatic rings. The third-order valence-corrected chi connectivity index (χ3v) is 4.43. The Bertz CT molecular complexity index is 845. The molecule has 0 amide bonds. The zero-order valence-electron chi connectivity index (χ0n) is 12.2. The summed E-state index contributed by atoms with van der Waals surface area (Å²) in [6.45, 7) is 0. The first-order chi connectivity index (χ1) is 11.3. The van der Waals surface area contributed by atoms with Crippen LogP contribution in [0.3, 0.4) is 0 Å². The molecule has 0 aliphatic heterocycles. The monoisotopic (exact) mass is 374 g/mol. The van der Waals surface area contributed by atoms with E-state index in [2.05, 4.69) is 15.4 Å². The quantitative estimate of drug-likeness (QED) is 0.632. The molecule has 0 spiro atoms. The summed E-state index contributed by atoms with van der Waals surface area (Å²) in [6.07, 6.45) is -4.53. The van der Waals surface area contributed by atoms with Gasteiger partial charge in [-0.05, 0) is 12.1 Å². The van der Waals surface area contributed by atoms with Crippen molar-refractivity contribution in [2.45, 2.75) is 17.1 Å². The summed E-state index contributed by atoms with van der Waals surface area (Å²) < 4.78 is 44.1. The molecule has 0 saturated heterocycles. The first kappa shape index (κ1) is 16.8. The maximum absolute atomic E-state index is 12.7. The second kappa shape index (κ2) is 6.48. The number of thioether (sulfide) groups is 1. The minimum atomic E-state index is -4.53. The third-order valence-electron chi connectivity index (χ3n) is 3.13. The number of benzene rings is 1. The summed E-state index contributed by atoms with van der Waals surface area (Å²) in [5.74, 6) is -0.240. The van der Waals surface area contributed by atoms with Gasteiger partial charge in [0.2, 0.25) is 5.82 Å². The molecule has 3 rings (SSSR count). The van der Waals surface area contributed by atoms with Crippen LogP contribution in [0.25, 0.3) is 11.3 Å². The van der Waals surface area contributed by atoms with E-state index in [1.807, 2.05) is 0 Å². The molecule has 5 nitrogen and oxygen atoms in total. The van der Waals surface area contributed by atoms with Gasteiger partial charge in [0, 0.05) is 23.7 Å². The second-order valence-corrected chi connectivity index (χ2v) is 6.22. The molecule has 0 bridgehead atoms. The molecule has 0 fully saturated rings. The van der Waals surface area contributed by atoms with Gasteiger partial charge in [0.15, 0.2) is 5.16 Å². The Labute approximate surface area is 143 Å². The van der Waals surface area contributed by atoms with Gasteiger partial charge in [-0.2, -0.15) is 13.2 Å². The van der Waals surface area contributed by atoms with Crippen molar-refractivity contribution in [3.63, 3.8) is 0 Å². The van der Waals surface area contributed by atoms with Crippen molar-refractivity contribution in [1.29, 1.82) is 0 Å². The minimum Gasteiger partial charge on any atom is -0.360 e. The smallest absolute Gasteiger partial charge is 0.360 e. The van der Waals surface area contributed by atoms with Crippen LogP contribution in [0.5, 0.6) is 0 Å². The Morgan fingerprint density at radius 1 is 1.21 bits per heavy atom. The Kier molecular flexibility index (Phi) is 4.55. The number of nitrogens with zero attached hydrogens (tertiary/aromatic N) is 4. The summed E-state index contributed by atoms with van der Waals surface area (Å²) in [5.41, 5.74) is 1.45. The highest BCUT2D eigenvalue weighted by Gasteiger charge is 2.37. The van der Waals surface area contributed by atoms with Crippen LogP contribution in [0, 0.1) is 0 Å². The van der Waals surface area contributed by atoms with Crippen molar-refractivity contribution in [3.05, 3.63) is 46.9 Å². The third kappa shape index (κ3) is 3.57. The van der Waals surface area contributed by atoms with Gasteiger partial charge >= 0.3 is 6.18 Å². The van der Waals surface area contributed by atoms with Crippen molar-refractivity contribution >= 4 is 23.4 Å². The number of hydrogen-bond donors (Lipinski definition) is 0. The molecule has 0 saturated carbocycles. The number of halogens is 4. The number of hydrogen-bond acceptors (Lipinski definition) is 5. The summed E-state index contributed by atoms with van der Waals surface area (Å²) in [5, 5.41) is 11.4. The van der Waals surface area contributed by atoms with Crippen molar-refractivity contribution in [1.82, 2.24) is 19.9 Å². The molecule has 0 aliphatic carbocycles. The molecule has 0 aliphatic rings. The fraction of sp³-hybridized carbons (Fsp3) is 0.214. The molecular weight excluding hydrogens is 365 g/mol. The van der Waals surface area contributed by atoms with Gasteiger partial charge in [-0.1, -0.05) is 40.7 Å². The Morgan fingerprint density at radius 2 is 1.92 bits per heavy atom. The van der Waals surface area contributed by atoms with E-state index in [1.54, 1.807) is 30.3 Å². The van der Waals surface area contributed by atoms with Gasteiger partial charge in [-0.3, -0.25) is 0 Å². The maximum Gasteiger partial charge on any atom is 0.451 e. The molecule has 24 heavy (non-hydrogen) atoms. The summed E-state index contributed by atoms with van der Waals surface area (Å²) >= 11 is 6.91. The first-order valence-corrected chi connectivity index (χ1v) is 8.02. The Hall–Kier alpha value is -2.00. The van der Waals surface area contributed by atoms with Crippen LogP contribution >= 0.6 is 23.4 Å². The van der Waals surface area contributed by atoms with E-state index in [9.17, 15) is 13.2 Å². The summed E-state index contributed by atoms with van der Waals surface area (Å²) in [7, 11) is 1.27. The summed E-state index contributed by atoms with van der Waals surface area (Å²) in [4.78, 5) is 0. The van der Waals surface area contributed by atoms with Crippen molar-refractivity contribution in [2.24, 2.45) is 7.05 Å². The number of rotatable bonds is 4. The molecule has 0 unspecified atom stereocenters. The molecule has 10 heteroatoms. The average Bonchev–Trinajstić information content (AvgIpc) is 3.12. The lowest BCUT2D eigenvalue weighted by Gasteiger charge is -2.05. The number of alkyl halides is 3. The van der Waals surface area contributed by atoms with Crippen LogP contribution in [0.4, 0.5) is 13.2 Å². The standard InChI is InChI=1S/C14H10ClF3N4OS/c1-22-12(14(16,17)18)19-20-13(22)24-7-10-6-11(21-23-10)8-2-4-9(15)5-3-8/h2-6H,7H2,1H3. The molecule has 126 valence electrons. The van der Waals surface area contributed by atoms with E-state index < -0.39 is 12.0 Å². The highest BCUT2D eigenvalue weighted by Crippen LogP contribution is 2.31. The van der Waals surface area contributed by atoms with E-state index in [1.165, 1.54) is 7.05 Å². The first-order valence-electron chi connectivity index (χ1n) is 6.65. The predicted molar refractivity (Wildman–Crippen MR) is 82.5 cm³/mol. The van der Waals surface area contributed by atoms with E-state index in [0.717, 1.165) is 21.9 Å². The maximum atomic E-state index is 12.7. The van der Waals surface area contributed by atoms with Gasteiger partial charge in [-0.25, -0.2) is 0 Å². The van der Waals surface area contributed by atoms with Crippen molar-refractivity contribution in [3.8, 4) is 11.3 Å². The Balaban J connectivity index is 1.70. The SMILES string of the molecule is Cn1c(SCc2cc(-c3ccc(Cl)cc3)no2)nnc1C(F)(F)F. The van der Waals surface area contributed by atoms with Crippen molar-refractivity contribution < 1.29 is 17.7 Å². The zero-order valence-corrected chi connectivity index (χ0v) is 13.8. The van der Waals surface area contributed by atoms with Gasteiger partial charge in [-0.15, -0.1) is 10.2 Å². The molecule has 0 radical (unpaired) electrons. The molecule has 2 heterocycles. The van der Waals surface area contributed by atoms with E-state index in [-0.39, 0.29) is 10.9 Å². The molecule has 2 aromatic heterocycles. The van der Waals surface area contributed by atoms with Crippen molar-refractivity contribution in [2.75, 3.05) is 0 Å². The largest absolute Gasteiger partial charge is 0.451 e. The molecule has 1 aromatic carbocycles. The highest BCUT2D eigenvalue weighted by atomic mass is 35.5. The van der Waals surface area contributed by atoms with E-state index >= 15 is 0 Å². The van der Waals surface area contributed by atoms with Crippen LogP contribution in [0.15, 0.2) is 40.0 Å². The van der Waals surface area contributed by atoms with Crippen LogP contribution < -0.4 is 0 Å². The molecule has 0 atom stereocenters. The fourth-order valence-electron chi connectivity index (χ4n) is 1.96. The Morgan fingerprint density at radius 3 is 2.54 bits per heavy atom. The minimum absolute atomic E-state index is 0.145. The normalized spacial score (nSPS) is 11.9. The topological polar surface area (TPSA) is 56.7 Å². The fourth-order valence-corrected chi connectivity index (χ4v) is 2.87. The van der Waals surface area contributed by atoms with Crippen LogP contribution in [-0.4, -0.2) is 19.9 Å². The summed E-state index contributed by atoms with van der Waals surface area (Å²) in [6, 6.07) is 8.79. The lowest BCUT2D eigenvalue weighted by Crippen LogP contribution is -2.12. The van der Waals surface area contributed by atoms with E-state index in [0.29, 0.717) is 16.5 Å². The lowest BCUT2D eigenvalue weighted by atomic mass is 10.1. The van der Waals surface area contributed by atoms with Gasteiger partial charge in [0.05, 0.1) is 5.75 Å². The van der Waals surface area contributed by atoms with Gasteiger partial charge < -0.3 is 9.09 Å². The van der Waals surface area contributed by atoms with Crippen LogP contribution in [0.1, 0.15) is 11.6 Å². The predicted octanol–water partition coefficient (Wildman–Crippen LogP) is 4.43. The zero-order chi connectivity index (χ0) is 17.3. The second-order valence-electron chi connectivity index (χ2n) is 4.84. The lowest BCUT2D eigenvalue weighted by molar-refractivity contribution is -0.147. The average molecular weight is 375 g/mol. The highest BCUT2D eigenvalue weighted by molar-refractivity contribution is 7.98. The molecule has 0 N–H and O–H groups in total. The van der Waals surface area contributed by atoms with E-state index in [4.69, 9.17) is 16.1 Å². The number of aromatic nitrogens is 4. The van der Waals surface area contributed by atoms with Crippen LogP contribution in [-0.2, 0) is 19.0 Å². The molecular formula is C14H10ClF3N4OS.